The van der Waals surface area contributed by atoms with Crippen molar-refractivity contribution in [2.24, 2.45) is 11.8 Å². The molecular weight excluding hydrogens is 461 g/mol. The molecular formula is C24H16INO2. The number of para-hydroxylation sites is 1. The molecule has 0 spiro atoms. The predicted octanol–water partition coefficient (Wildman–Crippen LogP) is 4.69. The van der Waals surface area contributed by atoms with Gasteiger partial charge in [0.15, 0.2) is 0 Å². The number of amides is 2. The van der Waals surface area contributed by atoms with E-state index in [1.54, 1.807) is 0 Å². The number of hydrogen-bond donors (Lipinski definition) is 0. The molecule has 2 atom stereocenters. The van der Waals surface area contributed by atoms with Crippen molar-refractivity contribution in [3.05, 3.63) is 98.6 Å². The maximum absolute atomic E-state index is 13.6. The Bertz CT molecular complexity index is 1060. The summed E-state index contributed by atoms with van der Waals surface area (Å²) in [4.78, 5) is 28.7. The van der Waals surface area contributed by atoms with Crippen LogP contribution < -0.4 is 4.90 Å². The lowest BCUT2D eigenvalue weighted by atomic mass is 9.55. The van der Waals surface area contributed by atoms with Gasteiger partial charge >= 0.3 is 0 Å². The largest absolute Gasteiger partial charge is 0.274 e. The molecule has 0 unspecified atom stereocenters. The normalized spacial score (nSPS) is 26.8. The van der Waals surface area contributed by atoms with Gasteiger partial charge in [0, 0.05) is 15.4 Å². The molecule has 0 N–H and O–H groups in total. The third kappa shape index (κ3) is 1.94. The van der Waals surface area contributed by atoms with Gasteiger partial charge in [-0.3, -0.25) is 9.59 Å². The molecule has 3 aliphatic carbocycles. The first-order valence-corrected chi connectivity index (χ1v) is 10.6. The lowest BCUT2D eigenvalue weighted by Crippen LogP contribution is -2.41. The highest BCUT2D eigenvalue weighted by Crippen LogP contribution is 2.61. The van der Waals surface area contributed by atoms with Crippen LogP contribution in [0.4, 0.5) is 5.69 Å². The molecule has 0 radical (unpaired) electrons. The van der Waals surface area contributed by atoms with Crippen molar-refractivity contribution in [1.29, 1.82) is 0 Å². The zero-order chi connectivity index (χ0) is 19.0. The summed E-state index contributed by atoms with van der Waals surface area (Å²) in [5.41, 5.74) is 5.54. The molecule has 2 amide bonds. The van der Waals surface area contributed by atoms with Gasteiger partial charge in [-0.2, -0.15) is 0 Å². The maximum atomic E-state index is 13.6. The lowest BCUT2D eigenvalue weighted by molar-refractivity contribution is -0.122. The summed E-state index contributed by atoms with van der Waals surface area (Å²) in [6, 6.07) is 24.3. The minimum absolute atomic E-state index is 0.0507. The van der Waals surface area contributed by atoms with Gasteiger partial charge in [-0.15, -0.1) is 0 Å². The molecule has 1 fully saturated rings. The second-order valence-electron chi connectivity index (χ2n) is 7.73. The Hall–Kier alpha value is -2.47. The van der Waals surface area contributed by atoms with Gasteiger partial charge in [0.05, 0.1) is 17.5 Å². The van der Waals surface area contributed by atoms with E-state index in [0.29, 0.717) is 5.69 Å². The Balaban J connectivity index is 1.59. The number of benzene rings is 3. The van der Waals surface area contributed by atoms with E-state index in [4.69, 9.17) is 0 Å². The van der Waals surface area contributed by atoms with Gasteiger partial charge in [-0.1, -0.05) is 60.7 Å². The van der Waals surface area contributed by atoms with Crippen molar-refractivity contribution in [2.75, 3.05) is 4.90 Å². The quantitative estimate of drug-likeness (QED) is 0.377. The van der Waals surface area contributed by atoms with Crippen molar-refractivity contribution in [2.45, 2.75) is 11.8 Å². The second kappa shape index (κ2) is 5.77. The minimum atomic E-state index is -0.321. The van der Waals surface area contributed by atoms with Gasteiger partial charge in [0.1, 0.15) is 0 Å². The Morgan fingerprint density at radius 1 is 0.607 bits per heavy atom. The minimum Gasteiger partial charge on any atom is -0.274 e. The molecule has 1 aliphatic heterocycles. The Morgan fingerprint density at radius 2 is 1.00 bits per heavy atom. The van der Waals surface area contributed by atoms with Crippen molar-refractivity contribution in [3.8, 4) is 0 Å². The molecule has 0 saturated carbocycles. The van der Waals surface area contributed by atoms with Crippen LogP contribution in [0.2, 0.25) is 0 Å². The van der Waals surface area contributed by atoms with E-state index in [9.17, 15) is 9.59 Å². The van der Waals surface area contributed by atoms with Crippen LogP contribution in [0.15, 0.2) is 72.8 Å². The maximum Gasteiger partial charge on any atom is 0.238 e. The highest BCUT2D eigenvalue weighted by atomic mass is 127. The topological polar surface area (TPSA) is 37.4 Å². The van der Waals surface area contributed by atoms with E-state index in [-0.39, 0.29) is 35.5 Å². The number of anilines is 1. The van der Waals surface area contributed by atoms with Crippen LogP contribution in [0.25, 0.3) is 0 Å². The zero-order valence-corrected chi connectivity index (χ0v) is 17.0. The molecule has 2 bridgehead atoms. The molecule has 136 valence electrons. The van der Waals surface area contributed by atoms with E-state index in [2.05, 4.69) is 46.9 Å². The number of carbonyl (C=O) groups excluding carboxylic acids is 2. The number of halogens is 1. The molecule has 1 heterocycles. The average molecular weight is 477 g/mol. The molecule has 7 rings (SSSR count). The fourth-order valence-corrected chi connectivity index (χ4v) is 6.18. The first kappa shape index (κ1) is 16.5. The van der Waals surface area contributed by atoms with Crippen LogP contribution in [0.5, 0.6) is 0 Å². The summed E-state index contributed by atoms with van der Waals surface area (Å²) in [6.07, 6.45) is 0. The summed E-state index contributed by atoms with van der Waals surface area (Å²) in [5, 5.41) is 0. The van der Waals surface area contributed by atoms with Crippen molar-refractivity contribution in [3.63, 3.8) is 0 Å². The molecule has 4 aliphatic rings. The number of imide groups is 1. The van der Waals surface area contributed by atoms with Crippen LogP contribution in [0.3, 0.4) is 0 Å². The Kier molecular flexibility index (Phi) is 3.39. The second-order valence-corrected chi connectivity index (χ2v) is 8.89. The third-order valence-corrected chi connectivity index (χ3v) is 7.45. The van der Waals surface area contributed by atoms with Gasteiger partial charge < -0.3 is 0 Å². The molecule has 3 nitrogen and oxygen atoms in total. The van der Waals surface area contributed by atoms with Crippen molar-refractivity contribution in [1.82, 2.24) is 0 Å². The number of carbonyl (C=O) groups is 2. The summed E-state index contributed by atoms with van der Waals surface area (Å²) in [7, 11) is 0. The van der Waals surface area contributed by atoms with Gasteiger partial charge in [0.25, 0.3) is 0 Å². The first-order chi connectivity index (χ1) is 13.7. The first-order valence-electron chi connectivity index (χ1n) is 9.48. The number of nitrogens with zero attached hydrogens (tertiary/aromatic N) is 1. The number of hydrogen-bond acceptors (Lipinski definition) is 2. The highest BCUT2D eigenvalue weighted by molar-refractivity contribution is 14.1. The van der Waals surface area contributed by atoms with Gasteiger partial charge in [-0.05, 0) is 57.0 Å². The fourth-order valence-electron chi connectivity index (χ4n) is 5.55. The number of rotatable bonds is 1. The fraction of sp³-hybridized carbons (Fsp3) is 0.167. The van der Waals surface area contributed by atoms with E-state index < -0.39 is 0 Å². The van der Waals surface area contributed by atoms with Gasteiger partial charge in [-0.25, -0.2) is 4.90 Å². The highest BCUT2D eigenvalue weighted by Gasteiger charge is 2.61. The smallest absolute Gasteiger partial charge is 0.238 e. The molecule has 0 aromatic heterocycles. The zero-order valence-electron chi connectivity index (χ0n) is 14.9. The molecule has 1 saturated heterocycles. The summed E-state index contributed by atoms with van der Waals surface area (Å²) in [5.74, 6) is -0.858. The van der Waals surface area contributed by atoms with Crippen LogP contribution >= 0.6 is 22.6 Å². The lowest BCUT2D eigenvalue weighted by Gasteiger charge is -2.45. The van der Waals surface area contributed by atoms with Crippen molar-refractivity contribution >= 4 is 40.1 Å². The Morgan fingerprint density at radius 3 is 1.43 bits per heavy atom. The average Bonchev–Trinajstić information content (AvgIpc) is 2.99. The summed E-state index contributed by atoms with van der Waals surface area (Å²) in [6.45, 7) is 0. The third-order valence-electron chi connectivity index (χ3n) is 6.54. The van der Waals surface area contributed by atoms with Crippen LogP contribution in [-0.4, -0.2) is 11.8 Å². The van der Waals surface area contributed by atoms with E-state index in [1.807, 2.05) is 48.5 Å². The van der Waals surface area contributed by atoms with Crippen LogP contribution in [-0.2, 0) is 9.59 Å². The van der Waals surface area contributed by atoms with Crippen molar-refractivity contribution < 1.29 is 9.59 Å². The van der Waals surface area contributed by atoms with E-state index in [1.165, 1.54) is 27.2 Å². The van der Waals surface area contributed by atoms with E-state index in [0.717, 1.165) is 3.57 Å². The summed E-state index contributed by atoms with van der Waals surface area (Å²) >= 11 is 2.20. The summed E-state index contributed by atoms with van der Waals surface area (Å²) < 4.78 is 0.919. The predicted molar refractivity (Wildman–Crippen MR) is 115 cm³/mol. The van der Waals surface area contributed by atoms with Crippen LogP contribution in [0.1, 0.15) is 34.1 Å². The molecule has 4 heteroatoms. The van der Waals surface area contributed by atoms with Crippen LogP contribution in [0, 0.1) is 15.4 Å². The van der Waals surface area contributed by atoms with Gasteiger partial charge in [0.2, 0.25) is 11.8 Å². The molecule has 3 aromatic rings. The SMILES string of the molecule is O=C1[C@@H]2C3c4ccccc4C(c4ccccc43)[C@H]2C(=O)N1c1ccccc1I. The van der Waals surface area contributed by atoms with E-state index >= 15 is 0 Å². The Labute approximate surface area is 176 Å². The molecule has 3 aromatic carbocycles. The standard InChI is InChI=1S/C24H16INO2/c25-17-11-5-6-12-18(17)26-23(27)21-19-13-7-1-2-8-14(13)20(22(21)24(26)28)16-10-4-3-9-15(16)19/h1-12,19-22H/t19?,20?,21-,22-/m1/s1. The monoisotopic (exact) mass is 477 g/mol. The molecule has 28 heavy (non-hydrogen) atoms.